The highest BCUT2D eigenvalue weighted by Gasteiger charge is 2.32. The molecule has 0 spiro atoms. The molecule has 0 radical (unpaired) electrons. The van der Waals surface area contributed by atoms with Gasteiger partial charge in [0, 0.05) is 6.20 Å². The molecular weight excluding hydrogens is 236 g/mol. The van der Waals surface area contributed by atoms with E-state index >= 15 is 0 Å². The Kier molecular flexibility index (Phi) is 3.57. The second kappa shape index (κ2) is 5.14. The molecule has 96 valence electrons. The Morgan fingerprint density at radius 3 is 3.06 bits per heavy atom. The summed E-state index contributed by atoms with van der Waals surface area (Å²) in [6.07, 6.45) is 0.830. The summed E-state index contributed by atoms with van der Waals surface area (Å²) in [5.41, 5.74) is 0.485. The third-order valence-corrected chi connectivity index (χ3v) is 2.65. The standard InChI is InChI=1S/C12H14N2O4/c1-2-18-12(17)11-9(4-3-5-13-11)14-7-8(15)6-10(14)16/h3-5,8,15H,2,6-7H2,1H3. The van der Waals surface area contributed by atoms with Gasteiger partial charge in [0.15, 0.2) is 5.69 Å². The van der Waals surface area contributed by atoms with Crippen molar-refractivity contribution in [3.05, 3.63) is 24.0 Å². The van der Waals surface area contributed by atoms with Crippen molar-refractivity contribution < 1.29 is 19.4 Å². The third-order valence-electron chi connectivity index (χ3n) is 2.65. The van der Waals surface area contributed by atoms with Gasteiger partial charge in [-0.15, -0.1) is 0 Å². The van der Waals surface area contributed by atoms with Crippen molar-refractivity contribution in [1.29, 1.82) is 0 Å². The Labute approximate surface area is 104 Å². The Bertz CT molecular complexity index is 475. The van der Waals surface area contributed by atoms with Gasteiger partial charge in [-0.25, -0.2) is 9.78 Å². The lowest BCUT2D eigenvalue weighted by Crippen LogP contribution is -2.28. The quantitative estimate of drug-likeness (QED) is 0.783. The Hall–Kier alpha value is -1.95. The van der Waals surface area contributed by atoms with Gasteiger partial charge in [-0.2, -0.15) is 0 Å². The van der Waals surface area contributed by atoms with Crippen molar-refractivity contribution in [1.82, 2.24) is 4.98 Å². The molecule has 1 fully saturated rings. The van der Waals surface area contributed by atoms with Crippen LogP contribution in [0.3, 0.4) is 0 Å². The van der Waals surface area contributed by atoms with Gasteiger partial charge in [0.05, 0.1) is 31.4 Å². The van der Waals surface area contributed by atoms with Crippen molar-refractivity contribution in [2.75, 3.05) is 18.1 Å². The number of aliphatic hydroxyl groups excluding tert-OH is 1. The number of aliphatic hydroxyl groups is 1. The van der Waals surface area contributed by atoms with Crippen molar-refractivity contribution in [2.24, 2.45) is 0 Å². The molecule has 1 aromatic rings. The van der Waals surface area contributed by atoms with E-state index in [1.165, 1.54) is 11.1 Å². The van der Waals surface area contributed by atoms with Crippen molar-refractivity contribution >= 4 is 17.6 Å². The number of carbonyl (C=O) groups is 2. The molecule has 1 aliphatic heterocycles. The van der Waals surface area contributed by atoms with Crippen molar-refractivity contribution in [3.63, 3.8) is 0 Å². The van der Waals surface area contributed by atoms with Gasteiger partial charge < -0.3 is 14.7 Å². The van der Waals surface area contributed by atoms with Crippen molar-refractivity contribution in [2.45, 2.75) is 19.4 Å². The number of amides is 1. The third kappa shape index (κ3) is 2.33. The molecule has 0 aromatic carbocycles. The lowest BCUT2D eigenvalue weighted by atomic mass is 10.2. The van der Waals surface area contributed by atoms with E-state index in [1.54, 1.807) is 19.1 Å². The fourth-order valence-corrected chi connectivity index (χ4v) is 1.89. The maximum atomic E-state index is 11.7. The number of carbonyl (C=O) groups excluding carboxylic acids is 2. The summed E-state index contributed by atoms with van der Waals surface area (Å²) in [5, 5.41) is 9.47. The van der Waals surface area contributed by atoms with Crippen molar-refractivity contribution in [3.8, 4) is 0 Å². The molecule has 6 nitrogen and oxygen atoms in total. The molecule has 0 aliphatic carbocycles. The van der Waals surface area contributed by atoms with E-state index in [1.807, 2.05) is 0 Å². The van der Waals surface area contributed by atoms with Gasteiger partial charge in [-0.1, -0.05) is 0 Å². The topological polar surface area (TPSA) is 79.7 Å². The summed E-state index contributed by atoms with van der Waals surface area (Å²) in [6, 6.07) is 3.26. The molecule has 1 unspecified atom stereocenters. The first-order valence-corrected chi connectivity index (χ1v) is 5.74. The highest BCUT2D eigenvalue weighted by Crippen LogP contribution is 2.24. The molecule has 1 saturated heterocycles. The molecular formula is C12H14N2O4. The second-order valence-corrected chi connectivity index (χ2v) is 3.95. The Balaban J connectivity index is 2.33. The van der Waals surface area contributed by atoms with E-state index in [-0.39, 0.29) is 31.2 Å². The number of nitrogens with zero attached hydrogens (tertiary/aromatic N) is 2. The molecule has 18 heavy (non-hydrogen) atoms. The minimum absolute atomic E-state index is 0.0666. The number of anilines is 1. The van der Waals surface area contributed by atoms with Crippen LogP contribution >= 0.6 is 0 Å². The highest BCUT2D eigenvalue weighted by atomic mass is 16.5. The van der Waals surface area contributed by atoms with Crippen LogP contribution < -0.4 is 4.90 Å². The van der Waals surface area contributed by atoms with E-state index in [9.17, 15) is 14.7 Å². The molecule has 1 N–H and O–H groups in total. The molecule has 1 aromatic heterocycles. The zero-order valence-corrected chi connectivity index (χ0v) is 10.00. The molecule has 1 atom stereocenters. The van der Waals surface area contributed by atoms with E-state index in [0.717, 1.165) is 0 Å². The van der Waals surface area contributed by atoms with Crippen LogP contribution in [0.4, 0.5) is 5.69 Å². The SMILES string of the molecule is CCOC(=O)c1ncccc1N1CC(O)CC1=O. The maximum absolute atomic E-state index is 11.7. The zero-order valence-electron chi connectivity index (χ0n) is 10.00. The summed E-state index contributed by atoms with van der Waals surface area (Å²) in [4.78, 5) is 28.7. The lowest BCUT2D eigenvalue weighted by molar-refractivity contribution is -0.117. The van der Waals surface area contributed by atoms with Crippen LogP contribution in [0.1, 0.15) is 23.8 Å². The summed E-state index contributed by atoms with van der Waals surface area (Å²) in [5.74, 6) is -0.789. The molecule has 0 bridgehead atoms. The number of hydrogen-bond acceptors (Lipinski definition) is 5. The van der Waals surface area contributed by atoms with Gasteiger partial charge in [0.25, 0.3) is 0 Å². The van der Waals surface area contributed by atoms with Gasteiger partial charge in [-0.05, 0) is 19.1 Å². The van der Waals surface area contributed by atoms with Crippen LogP contribution in [0.5, 0.6) is 0 Å². The van der Waals surface area contributed by atoms with Gasteiger partial charge in [0.1, 0.15) is 0 Å². The molecule has 1 aliphatic rings. The number of aromatic nitrogens is 1. The second-order valence-electron chi connectivity index (χ2n) is 3.95. The molecule has 2 rings (SSSR count). The fraction of sp³-hybridized carbons (Fsp3) is 0.417. The summed E-state index contributed by atoms with van der Waals surface area (Å²) in [6.45, 7) is 2.12. The lowest BCUT2D eigenvalue weighted by Gasteiger charge is -2.17. The largest absolute Gasteiger partial charge is 0.461 e. The monoisotopic (exact) mass is 250 g/mol. The van der Waals surface area contributed by atoms with E-state index < -0.39 is 12.1 Å². The zero-order chi connectivity index (χ0) is 13.1. The average molecular weight is 250 g/mol. The molecule has 2 heterocycles. The first-order valence-electron chi connectivity index (χ1n) is 5.74. The van der Waals surface area contributed by atoms with Crippen LogP contribution in [0.25, 0.3) is 0 Å². The maximum Gasteiger partial charge on any atom is 0.359 e. The molecule has 6 heteroatoms. The van der Waals surface area contributed by atoms with E-state index in [2.05, 4.69) is 4.98 Å². The predicted octanol–water partition coefficient (Wildman–Crippen LogP) is 0.356. The fourth-order valence-electron chi connectivity index (χ4n) is 1.89. The molecule has 0 saturated carbocycles. The van der Waals surface area contributed by atoms with Crippen LogP contribution in [0.2, 0.25) is 0 Å². The Morgan fingerprint density at radius 1 is 1.67 bits per heavy atom. The van der Waals surface area contributed by atoms with Gasteiger partial charge >= 0.3 is 5.97 Å². The van der Waals surface area contributed by atoms with Crippen LogP contribution in [0, 0.1) is 0 Å². The van der Waals surface area contributed by atoms with E-state index in [0.29, 0.717) is 5.69 Å². The number of esters is 1. The average Bonchev–Trinajstić information content (AvgIpc) is 2.69. The van der Waals surface area contributed by atoms with Crippen LogP contribution in [-0.2, 0) is 9.53 Å². The van der Waals surface area contributed by atoms with E-state index in [4.69, 9.17) is 4.74 Å². The minimum atomic E-state index is -0.701. The first kappa shape index (κ1) is 12.5. The van der Waals surface area contributed by atoms with Gasteiger partial charge in [0.2, 0.25) is 5.91 Å². The number of β-amino-alcohol motifs (C(OH)–C–C–N with tert-alkyl or cyclic N) is 1. The summed E-state index contributed by atoms with van der Waals surface area (Å²) < 4.78 is 4.89. The molecule has 1 amide bonds. The normalized spacial score (nSPS) is 19.1. The number of hydrogen-bond donors (Lipinski definition) is 1. The Morgan fingerprint density at radius 2 is 2.44 bits per heavy atom. The van der Waals surface area contributed by atoms with Crippen LogP contribution in [0.15, 0.2) is 18.3 Å². The van der Waals surface area contributed by atoms with Crippen LogP contribution in [-0.4, -0.2) is 41.2 Å². The summed E-state index contributed by atoms with van der Waals surface area (Å²) >= 11 is 0. The number of ether oxygens (including phenoxy) is 1. The highest BCUT2D eigenvalue weighted by molar-refractivity contribution is 6.02. The minimum Gasteiger partial charge on any atom is -0.461 e. The predicted molar refractivity (Wildman–Crippen MR) is 63.2 cm³/mol. The first-order chi connectivity index (χ1) is 8.63. The summed E-state index contributed by atoms with van der Waals surface area (Å²) in [7, 11) is 0. The van der Waals surface area contributed by atoms with Gasteiger partial charge in [-0.3, -0.25) is 4.79 Å². The number of pyridine rings is 1. The smallest absolute Gasteiger partial charge is 0.359 e. The number of rotatable bonds is 3.